The number of hydrogen-bond acceptors (Lipinski definition) is 3. The zero-order valence-electron chi connectivity index (χ0n) is 15.7. The van der Waals surface area contributed by atoms with Crippen LogP contribution >= 0.6 is 0 Å². The van der Waals surface area contributed by atoms with Gasteiger partial charge in [-0.2, -0.15) is 0 Å². The molecule has 2 aliphatic rings. The molecule has 3 rings (SSSR count). The predicted octanol–water partition coefficient (Wildman–Crippen LogP) is 2.68. The van der Waals surface area contributed by atoms with Crippen LogP contribution in [0.2, 0.25) is 0 Å². The Morgan fingerprint density at radius 3 is 2.46 bits per heavy atom. The predicted molar refractivity (Wildman–Crippen MR) is 101 cm³/mol. The number of benzene rings is 1. The van der Waals surface area contributed by atoms with Gasteiger partial charge in [-0.05, 0) is 42.9 Å². The van der Waals surface area contributed by atoms with Gasteiger partial charge in [0.2, 0.25) is 5.91 Å². The van der Waals surface area contributed by atoms with Crippen molar-refractivity contribution in [2.45, 2.75) is 45.6 Å². The summed E-state index contributed by atoms with van der Waals surface area (Å²) in [5, 5.41) is 9.12. The van der Waals surface area contributed by atoms with Crippen LogP contribution in [0.3, 0.4) is 0 Å². The second kappa shape index (κ2) is 8.67. The van der Waals surface area contributed by atoms with Gasteiger partial charge in [0, 0.05) is 37.7 Å². The van der Waals surface area contributed by atoms with Crippen molar-refractivity contribution >= 4 is 11.8 Å². The molecule has 1 aromatic carbocycles. The number of carbonyl (C=O) groups is 2. The van der Waals surface area contributed by atoms with Crippen LogP contribution in [0, 0.1) is 11.8 Å². The summed E-state index contributed by atoms with van der Waals surface area (Å²) >= 11 is 0. The molecule has 142 valence electrons. The number of nitrogens with zero attached hydrogens (tertiary/aromatic N) is 2. The van der Waals surface area contributed by atoms with Crippen molar-refractivity contribution in [3.63, 3.8) is 0 Å². The third-order valence-corrected chi connectivity index (χ3v) is 5.65. The fraction of sp³-hybridized carbons (Fsp3) is 0.619. The lowest BCUT2D eigenvalue weighted by Gasteiger charge is -2.22. The molecule has 0 spiro atoms. The number of hydrogen-bond donors (Lipinski definition) is 1. The van der Waals surface area contributed by atoms with E-state index in [2.05, 4.69) is 6.92 Å². The van der Waals surface area contributed by atoms with E-state index < -0.39 is 0 Å². The Hall–Kier alpha value is -1.88. The molecular weight excluding hydrogens is 328 g/mol. The van der Waals surface area contributed by atoms with Crippen LogP contribution in [-0.4, -0.2) is 52.9 Å². The highest BCUT2D eigenvalue weighted by molar-refractivity contribution is 5.94. The normalized spacial score (nSPS) is 22.8. The van der Waals surface area contributed by atoms with Gasteiger partial charge < -0.3 is 14.9 Å². The van der Waals surface area contributed by atoms with E-state index in [1.807, 2.05) is 9.80 Å². The number of unbranched alkanes of at least 4 members (excludes halogenated alkanes) is 1. The molecule has 0 bridgehead atoms. The van der Waals surface area contributed by atoms with E-state index in [4.69, 9.17) is 5.11 Å². The Morgan fingerprint density at radius 1 is 1.08 bits per heavy atom. The molecule has 5 heteroatoms. The van der Waals surface area contributed by atoms with Gasteiger partial charge in [-0.15, -0.1) is 0 Å². The number of carbonyl (C=O) groups excluding carboxylic acids is 2. The highest BCUT2D eigenvalue weighted by atomic mass is 16.3. The Morgan fingerprint density at radius 2 is 1.77 bits per heavy atom. The number of aliphatic hydroxyl groups is 1. The highest BCUT2D eigenvalue weighted by Crippen LogP contribution is 2.43. The molecule has 0 radical (unpaired) electrons. The largest absolute Gasteiger partial charge is 0.392 e. The zero-order chi connectivity index (χ0) is 18.5. The molecule has 5 nitrogen and oxygen atoms in total. The van der Waals surface area contributed by atoms with E-state index in [0.29, 0.717) is 37.0 Å². The summed E-state index contributed by atoms with van der Waals surface area (Å²) < 4.78 is 0. The van der Waals surface area contributed by atoms with Crippen LogP contribution in [0.25, 0.3) is 0 Å². The fourth-order valence-corrected chi connectivity index (χ4v) is 3.85. The Balaban J connectivity index is 1.53. The molecule has 0 unspecified atom stereocenters. The molecule has 2 atom stereocenters. The van der Waals surface area contributed by atoms with E-state index >= 15 is 0 Å². The van der Waals surface area contributed by atoms with Crippen molar-refractivity contribution in [1.82, 2.24) is 9.80 Å². The number of aliphatic hydroxyl groups excluding tert-OH is 1. The van der Waals surface area contributed by atoms with Gasteiger partial charge >= 0.3 is 0 Å². The summed E-state index contributed by atoms with van der Waals surface area (Å²) in [4.78, 5) is 29.2. The molecule has 1 N–H and O–H groups in total. The molecule has 1 aliphatic carbocycles. The fourth-order valence-electron chi connectivity index (χ4n) is 3.85. The van der Waals surface area contributed by atoms with Crippen LogP contribution in [0.1, 0.15) is 54.9 Å². The highest BCUT2D eigenvalue weighted by Gasteiger charge is 2.44. The zero-order valence-corrected chi connectivity index (χ0v) is 15.7. The molecule has 26 heavy (non-hydrogen) atoms. The maximum absolute atomic E-state index is 12.7. The minimum Gasteiger partial charge on any atom is -0.392 e. The lowest BCUT2D eigenvalue weighted by molar-refractivity contribution is -0.132. The van der Waals surface area contributed by atoms with Gasteiger partial charge in [0.25, 0.3) is 5.91 Å². The van der Waals surface area contributed by atoms with Crippen LogP contribution in [0.4, 0.5) is 0 Å². The monoisotopic (exact) mass is 358 g/mol. The van der Waals surface area contributed by atoms with Gasteiger partial charge in [-0.25, -0.2) is 0 Å². The van der Waals surface area contributed by atoms with Crippen LogP contribution in [0.15, 0.2) is 24.3 Å². The molecule has 2 amide bonds. The first-order valence-electron chi connectivity index (χ1n) is 9.92. The SMILES string of the molecule is CCCC[C@@H]1C[C@@H]1C(=O)N1CCCN(C(=O)c2ccc(CO)cc2)CC1. The van der Waals surface area contributed by atoms with Crippen molar-refractivity contribution in [2.75, 3.05) is 26.2 Å². The first-order valence-corrected chi connectivity index (χ1v) is 9.92. The topological polar surface area (TPSA) is 60.9 Å². The van der Waals surface area contributed by atoms with Crippen LogP contribution in [0.5, 0.6) is 0 Å². The molecule has 2 fully saturated rings. The van der Waals surface area contributed by atoms with Crippen molar-refractivity contribution in [3.8, 4) is 0 Å². The van der Waals surface area contributed by atoms with E-state index in [1.54, 1.807) is 24.3 Å². The lowest BCUT2D eigenvalue weighted by atomic mass is 10.1. The summed E-state index contributed by atoms with van der Waals surface area (Å²) in [6.07, 6.45) is 5.46. The molecule has 0 aromatic heterocycles. The second-order valence-electron chi connectivity index (χ2n) is 7.57. The summed E-state index contributed by atoms with van der Waals surface area (Å²) in [5.41, 5.74) is 1.44. The van der Waals surface area contributed by atoms with Crippen molar-refractivity contribution in [1.29, 1.82) is 0 Å². The molecule has 1 heterocycles. The van der Waals surface area contributed by atoms with Crippen molar-refractivity contribution in [3.05, 3.63) is 35.4 Å². The molecule has 1 aromatic rings. The maximum atomic E-state index is 12.7. The Bertz CT molecular complexity index is 629. The second-order valence-corrected chi connectivity index (χ2v) is 7.57. The van der Waals surface area contributed by atoms with E-state index in [-0.39, 0.29) is 18.4 Å². The minimum absolute atomic E-state index is 0.0102. The first kappa shape index (κ1) is 18.9. The van der Waals surface area contributed by atoms with E-state index in [9.17, 15) is 9.59 Å². The summed E-state index contributed by atoms with van der Waals surface area (Å²) in [6.45, 7) is 4.85. The number of rotatable bonds is 6. The standard InChI is InChI=1S/C21H30N2O3/c1-2-3-5-18-14-19(18)21(26)23-11-4-10-22(12-13-23)20(25)17-8-6-16(15-24)7-9-17/h6-9,18-19,24H,2-5,10-15H2,1H3/t18-,19+/m1/s1. The average molecular weight is 358 g/mol. The van der Waals surface area contributed by atoms with Gasteiger partial charge in [-0.1, -0.05) is 31.9 Å². The van der Waals surface area contributed by atoms with Gasteiger partial charge in [-0.3, -0.25) is 9.59 Å². The maximum Gasteiger partial charge on any atom is 0.253 e. The van der Waals surface area contributed by atoms with Gasteiger partial charge in [0.15, 0.2) is 0 Å². The van der Waals surface area contributed by atoms with Crippen molar-refractivity contribution in [2.24, 2.45) is 11.8 Å². The Labute approximate surface area is 156 Å². The summed E-state index contributed by atoms with van der Waals surface area (Å²) in [7, 11) is 0. The average Bonchev–Trinajstić information content (AvgIpc) is 3.48. The van der Waals surface area contributed by atoms with Gasteiger partial charge in [0.1, 0.15) is 0 Å². The summed E-state index contributed by atoms with van der Waals surface area (Å²) in [5.74, 6) is 1.13. The minimum atomic E-state index is -0.0182. The molecular formula is C21H30N2O3. The summed E-state index contributed by atoms with van der Waals surface area (Å²) in [6, 6.07) is 7.10. The van der Waals surface area contributed by atoms with Crippen molar-refractivity contribution < 1.29 is 14.7 Å². The first-order chi connectivity index (χ1) is 12.6. The smallest absolute Gasteiger partial charge is 0.253 e. The lowest BCUT2D eigenvalue weighted by Crippen LogP contribution is -2.38. The third-order valence-electron chi connectivity index (χ3n) is 5.65. The third kappa shape index (κ3) is 4.44. The molecule has 1 saturated carbocycles. The van der Waals surface area contributed by atoms with E-state index in [0.717, 1.165) is 24.9 Å². The molecule has 1 aliphatic heterocycles. The molecule has 1 saturated heterocycles. The number of amides is 2. The van der Waals surface area contributed by atoms with Gasteiger partial charge in [0.05, 0.1) is 6.61 Å². The Kier molecular flexibility index (Phi) is 6.30. The van der Waals surface area contributed by atoms with Crippen LogP contribution in [-0.2, 0) is 11.4 Å². The quantitative estimate of drug-likeness (QED) is 0.850. The van der Waals surface area contributed by atoms with Crippen LogP contribution < -0.4 is 0 Å². The van der Waals surface area contributed by atoms with E-state index in [1.165, 1.54) is 19.3 Å².